The summed E-state index contributed by atoms with van der Waals surface area (Å²) in [5.74, 6) is -1.71. The van der Waals surface area contributed by atoms with Crippen molar-refractivity contribution in [3.63, 3.8) is 0 Å². The fourth-order valence-corrected chi connectivity index (χ4v) is 2.01. The molecule has 0 heterocycles. The van der Waals surface area contributed by atoms with Crippen molar-refractivity contribution < 1.29 is 24.2 Å². The summed E-state index contributed by atoms with van der Waals surface area (Å²) < 4.78 is 5.06. The van der Waals surface area contributed by atoms with E-state index in [1.807, 2.05) is 0 Å². The Balaban J connectivity index is 1.95. The van der Waals surface area contributed by atoms with Gasteiger partial charge < -0.3 is 20.5 Å². The summed E-state index contributed by atoms with van der Waals surface area (Å²) in [6.45, 7) is 2.83. The molecule has 0 radical (unpaired) electrons. The van der Waals surface area contributed by atoms with Crippen LogP contribution in [0.3, 0.4) is 0 Å². The highest BCUT2D eigenvalue weighted by Crippen LogP contribution is 2.18. The van der Waals surface area contributed by atoms with E-state index >= 15 is 0 Å². The number of para-hydroxylation sites is 1. The third-order valence-electron chi connectivity index (χ3n) is 3.25. The highest BCUT2D eigenvalue weighted by molar-refractivity contribution is 5.98. The molecule has 2 aromatic carbocycles. The highest BCUT2D eigenvalue weighted by atomic mass is 16.5. The molecule has 0 spiro atoms. The van der Waals surface area contributed by atoms with Crippen molar-refractivity contribution in [2.24, 2.45) is 0 Å². The van der Waals surface area contributed by atoms with Gasteiger partial charge in [-0.3, -0.25) is 9.59 Å². The summed E-state index contributed by atoms with van der Waals surface area (Å²) >= 11 is 0. The first-order valence-electron chi connectivity index (χ1n) is 7.54. The van der Waals surface area contributed by atoms with Crippen LogP contribution in [0.25, 0.3) is 0 Å². The lowest BCUT2D eigenvalue weighted by Crippen LogP contribution is -2.30. The number of esters is 1. The number of rotatable bonds is 5. The van der Waals surface area contributed by atoms with Crippen LogP contribution in [-0.2, 0) is 14.3 Å². The van der Waals surface area contributed by atoms with Gasteiger partial charge in [0.05, 0.1) is 0 Å². The van der Waals surface area contributed by atoms with Crippen molar-refractivity contribution in [3.8, 4) is 5.75 Å². The highest BCUT2D eigenvalue weighted by Gasteiger charge is 2.20. The molecule has 25 heavy (non-hydrogen) atoms. The van der Waals surface area contributed by atoms with Crippen molar-refractivity contribution in [2.45, 2.75) is 20.0 Å². The Morgan fingerprint density at radius 1 is 0.960 bits per heavy atom. The van der Waals surface area contributed by atoms with Crippen LogP contribution in [0.4, 0.5) is 11.4 Å². The first-order chi connectivity index (χ1) is 11.9. The van der Waals surface area contributed by atoms with E-state index in [4.69, 9.17) is 4.74 Å². The molecule has 1 unspecified atom stereocenters. The van der Waals surface area contributed by atoms with Crippen LogP contribution in [0.2, 0.25) is 0 Å². The van der Waals surface area contributed by atoms with Crippen LogP contribution < -0.4 is 10.6 Å². The van der Waals surface area contributed by atoms with Crippen LogP contribution >= 0.6 is 0 Å². The van der Waals surface area contributed by atoms with E-state index in [1.165, 1.54) is 26.0 Å². The van der Waals surface area contributed by atoms with Gasteiger partial charge in [0, 0.05) is 18.3 Å². The monoisotopic (exact) mass is 342 g/mol. The van der Waals surface area contributed by atoms with Crippen molar-refractivity contribution in [1.82, 2.24) is 0 Å². The first kappa shape index (κ1) is 18.0. The van der Waals surface area contributed by atoms with Crippen molar-refractivity contribution in [1.29, 1.82) is 0 Å². The molecule has 0 saturated heterocycles. The van der Waals surface area contributed by atoms with Crippen molar-refractivity contribution in [3.05, 3.63) is 54.1 Å². The number of phenolic OH excluding ortho intramolecular Hbond substituents is 1. The summed E-state index contributed by atoms with van der Waals surface area (Å²) in [4.78, 5) is 35.0. The Bertz CT molecular complexity index is 786. The largest absolute Gasteiger partial charge is 0.507 e. The molecule has 2 aromatic rings. The molecule has 130 valence electrons. The second kappa shape index (κ2) is 7.96. The van der Waals surface area contributed by atoms with E-state index in [1.54, 1.807) is 36.4 Å². The van der Waals surface area contributed by atoms with E-state index in [0.717, 1.165) is 0 Å². The van der Waals surface area contributed by atoms with E-state index in [-0.39, 0.29) is 17.2 Å². The van der Waals surface area contributed by atoms with Gasteiger partial charge in [-0.2, -0.15) is 0 Å². The quantitative estimate of drug-likeness (QED) is 0.724. The zero-order chi connectivity index (χ0) is 18.4. The van der Waals surface area contributed by atoms with E-state index in [0.29, 0.717) is 11.4 Å². The predicted molar refractivity (Wildman–Crippen MR) is 92.4 cm³/mol. The number of hydrogen-bond donors (Lipinski definition) is 3. The van der Waals surface area contributed by atoms with Gasteiger partial charge in [-0.15, -0.1) is 0 Å². The maximum atomic E-state index is 12.1. The summed E-state index contributed by atoms with van der Waals surface area (Å²) in [6, 6.07) is 12.4. The maximum absolute atomic E-state index is 12.1. The fourth-order valence-electron chi connectivity index (χ4n) is 2.01. The maximum Gasteiger partial charge on any atom is 0.342 e. The minimum absolute atomic E-state index is 0.0122. The number of hydrogen-bond acceptors (Lipinski definition) is 5. The molecule has 3 N–H and O–H groups in total. The van der Waals surface area contributed by atoms with Gasteiger partial charge in [0.15, 0.2) is 6.10 Å². The molecule has 0 aliphatic heterocycles. The van der Waals surface area contributed by atoms with Crippen molar-refractivity contribution >= 4 is 29.2 Å². The summed E-state index contributed by atoms with van der Waals surface area (Å²) in [7, 11) is 0. The van der Waals surface area contributed by atoms with Gasteiger partial charge in [-0.1, -0.05) is 12.1 Å². The summed E-state index contributed by atoms with van der Waals surface area (Å²) in [5.41, 5.74) is 1.08. The average molecular weight is 342 g/mol. The van der Waals surface area contributed by atoms with Crippen LogP contribution in [0.1, 0.15) is 24.2 Å². The van der Waals surface area contributed by atoms with Crippen LogP contribution in [0, 0.1) is 0 Å². The Morgan fingerprint density at radius 2 is 1.52 bits per heavy atom. The molecule has 2 rings (SSSR count). The Morgan fingerprint density at radius 3 is 2.08 bits per heavy atom. The normalized spacial score (nSPS) is 11.3. The number of amides is 2. The zero-order valence-corrected chi connectivity index (χ0v) is 13.8. The fraction of sp³-hybridized carbons (Fsp3) is 0.167. The predicted octanol–water partition coefficient (Wildman–Crippen LogP) is 2.53. The minimum Gasteiger partial charge on any atom is -0.507 e. The Hall–Kier alpha value is -3.35. The number of nitrogens with one attached hydrogen (secondary N) is 2. The average Bonchev–Trinajstić information content (AvgIpc) is 2.56. The zero-order valence-electron chi connectivity index (χ0n) is 13.8. The second-order valence-electron chi connectivity index (χ2n) is 5.31. The number of phenols is 1. The van der Waals surface area contributed by atoms with E-state index < -0.39 is 18.0 Å². The molecule has 0 aliphatic carbocycles. The summed E-state index contributed by atoms with van der Waals surface area (Å²) in [5, 5.41) is 14.8. The second-order valence-corrected chi connectivity index (χ2v) is 5.31. The van der Waals surface area contributed by atoms with E-state index in [2.05, 4.69) is 10.6 Å². The van der Waals surface area contributed by atoms with Crippen LogP contribution in [-0.4, -0.2) is 29.0 Å². The molecule has 7 heteroatoms. The van der Waals surface area contributed by atoms with Gasteiger partial charge in [0.25, 0.3) is 5.91 Å². The van der Waals surface area contributed by atoms with E-state index in [9.17, 15) is 19.5 Å². The molecule has 0 aliphatic rings. The van der Waals surface area contributed by atoms with Gasteiger partial charge in [-0.25, -0.2) is 4.79 Å². The number of carbonyl (C=O) groups excluding carboxylic acids is 3. The number of ether oxygens (including phenoxy) is 1. The molecular formula is C18H18N2O5. The third-order valence-corrected chi connectivity index (χ3v) is 3.25. The Kier molecular flexibility index (Phi) is 5.73. The first-order valence-corrected chi connectivity index (χ1v) is 7.54. The van der Waals surface area contributed by atoms with Crippen LogP contribution in [0.15, 0.2) is 48.5 Å². The molecule has 2 amide bonds. The molecule has 1 atom stereocenters. The number of benzene rings is 2. The number of anilines is 2. The standard InChI is InChI=1S/C18H18N2O5/c1-11(25-18(24)15-5-3-4-6-16(15)22)17(23)20-14-9-7-13(8-10-14)19-12(2)21/h3-11,22H,1-2H3,(H,19,21)(H,20,23). The van der Waals surface area contributed by atoms with Crippen LogP contribution in [0.5, 0.6) is 5.75 Å². The Labute approximate surface area is 144 Å². The topological polar surface area (TPSA) is 105 Å². The lowest BCUT2D eigenvalue weighted by Gasteiger charge is -2.14. The molecule has 0 fully saturated rings. The van der Waals surface area contributed by atoms with Gasteiger partial charge in [0.1, 0.15) is 11.3 Å². The lowest BCUT2D eigenvalue weighted by molar-refractivity contribution is -0.123. The number of aromatic hydroxyl groups is 1. The number of carbonyl (C=O) groups is 3. The molecule has 0 saturated carbocycles. The smallest absolute Gasteiger partial charge is 0.342 e. The molecule has 7 nitrogen and oxygen atoms in total. The van der Waals surface area contributed by atoms with Crippen molar-refractivity contribution in [2.75, 3.05) is 10.6 Å². The van der Waals surface area contributed by atoms with Gasteiger partial charge in [-0.05, 0) is 43.3 Å². The van der Waals surface area contributed by atoms with Gasteiger partial charge >= 0.3 is 5.97 Å². The molecule has 0 bridgehead atoms. The molecular weight excluding hydrogens is 324 g/mol. The minimum atomic E-state index is -1.05. The van der Waals surface area contributed by atoms with Gasteiger partial charge in [0.2, 0.25) is 5.91 Å². The third kappa shape index (κ3) is 5.07. The lowest BCUT2D eigenvalue weighted by atomic mass is 10.2. The SMILES string of the molecule is CC(=O)Nc1ccc(NC(=O)C(C)OC(=O)c2ccccc2O)cc1. The molecule has 0 aromatic heterocycles. The summed E-state index contributed by atoms with van der Waals surface area (Å²) in [6.07, 6.45) is -1.05.